The van der Waals surface area contributed by atoms with Crippen molar-refractivity contribution in [1.29, 1.82) is 0 Å². The van der Waals surface area contributed by atoms with Crippen LogP contribution >= 0.6 is 24.0 Å². The van der Waals surface area contributed by atoms with E-state index < -0.39 is 0 Å². The number of pyridine rings is 1. The van der Waals surface area contributed by atoms with Gasteiger partial charge in [-0.15, -0.1) is 24.0 Å². The first kappa shape index (κ1) is 24.9. The van der Waals surface area contributed by atoms with Crippen molar-refractivity contribution in [3.63, 3.8) is 0 Å². The van der Waals surface area contributed by atoms with Gasteiger partial charge in [-0.1, -0.05) is 20.8 Å². The summed E-state index contributed by atoms with van der Waals surface area (Å²) in [5.41, 5.74) is 1.59. The van der Waals surface area contributed by atoms with Crippen molar-refractivity contribution in [2.45, 2.75) is 53.1 Å². The van der Waals surface area contributed by atoms with Crippen LogP contribution in [-0.2, 0) is 6.54 Å². The van der Waals surface area contributed by atoms with E-state index in [1.807, 2.05) is 13.2 Å². The molecule has 7 heteroatoms. The molecule has 2 rings (SSSR count). The summed E-state index contributed by atoms with van der Waals surface area (Å²) in [5, 5.41) is 6.93. The topological polar surface area (TPSA) is 55.8 Å². The highest BCUT2D eigenvalue weighted by molar-refractivity contribution is 14.0. The molecule has 28 heavy (non-hydrogen) atoms. The Hall–Kier alpha value is -1.09. The molecule has 1 aromatic rings. The first-order chi connectivity index (χ1) is 12.8. The van der Waals surface area contributed by atoms with Gasteiger partial charge in [0, 0.05) is 52.0 Å². The van der Waals surface area contributed by atoms with Crippen LogP contribution in [0.1, 0.15) is 46.1 Å². The second kappa shape index (κ2) is 11.8. The average Bonchev–Trinajstić information content (AvgIpc) is 2.63. The quantitative estimate of drug-likeness (QED) is 0.355. The molecule has 160 valence electrons. The van der Waals surface area contributed by atoms with E-state index in [-0.39, 0.29) is 24.0 Å². The van der Waals surface area contributed by atoms with Crippen LogP contribution in [0.5, 0.6) is 0 Å². The Morgan fingerprint density at radius 1 is 1.25 bits per heavy atom. The van der Waals surface area contributed by atoms with E-state index in [1.54, 1.807) is 0 Å². The fraction of sp³-hybridized carbons (Fsp3) is 0.714. The molecule has 1 fully saturated rings. The van der Waals surface area contributed by atoms with Crippen molar-refractivity contribution in [3.8, 4) is 0 Å². The smallest absolute Gasteiger partial charge is 0.191 e. The van der Waals surface area contributed by atoms with Crippen LogP contribution in [0.15, 0.2) is 23.3 Å². The second-order valence-electron chi connectivity index (χ2n) is 8.88. The van der Waals surface area contributed by atoms with E-state index in [0.29, 0.717) is 11.5 Å². The fourth-order valence-corrected chi connectivity index (χ4v) is 3.11. The molecule has 2 N–H and O–H groups in total. The molecule has 0 saturated carbocycles. The molecule has 0 bridgehead atoms. The van der Waals surface area contributed by atoms with E-state index >= 15 is 0 Å². The van der Waals surface area contributed by atoms with Gasteiger partial charge in [0.05, 0.1) is 0 Å². The lowest BCUT2D eigenvalue weighted by atomic mass is 9.89. The molecular weight excluding hydrogens is 463 g/mol. The highest BCUT2D eigenvalue weighted by Crippen LogP contribution is 2.21. The standard InChI is InChI=1S/C21H38N6.HI/c1-17(7-9-21(2,3)4)25-20(22-5)24-16-18-8-10-23-19(15-18)27-13-11-26(6)12-14-27;/h8,10,15,17H,7,9,11-14,16H2,1-6H3,(H2,22,24,25);1H. The number of hydrogen-bond acceptors (Lipinski definition) is 4. The highest BCUT2D eigenvalue weighted by Gasteiger charge is 2.16. The Labute approximate surface area is 188 Å². The SMILES string of the molecule is CN=C(NCc1ccnc(N2CCN(C)CC2)c1)NC(C)CCC(C)(C)C.I. The summed E-state index contributed by atoms with van der Waals surface area (Å²) in [7, 11) is 4.00. The second-order valence-corrected chi connectivity index (χ2v) is 8.88. The predicted molar refractivity (Wildman–Crippen MR) is 131 cm³/mol. The molecule has 1 aromatic heterocycles. The van der Waals surface area contributed by atoms with Crippen molar-refractivity contribution in [1.82, 2.24) is 20.5 Å². The number of guanidine groups is 1. The van der Waals surface area contributed by atoms with Gasteiger partial charge in [-0.2, -0.15) is 0 Å². The zero-order chi connectivity index (χ0) is 19.9. The third-order valence-electron chi connectivity index (χ3n) is 5.03. The molecule has 1 saturated heterocycles. The monoisotopic (exact) mass is 502 g/mol. The molecule has 1 aliphatic heterocycles. The van der Waals surface area contributed by atoms with Crippen LogP contribution in [-0.4, -0.2) is 62.2 Å². The lowest BCUT2D eigenvalue weighted by molar-refractivity contribution is 0.312. The Kier molecular flexibility index (Phi) is 10.5. The molecule has 0 radical (unpaired) electrons. The molecule has 6 nitrogen and oxygen atoms in total. The van der Waals surface area contributed by atoms with Crippen LogP contribution in [0.3, 0.4) is 0 Å². The van der Waals surface area contributed by atoms with Gasteiger partial charge < -0.3 is 20.4 Å². The number of hydrogen-bond donors (Lipinski definition) is 2. The third-order valence-corrected chi connectivity index (χ3v) is 5.03. The zero-order valence-electron chi connectivity index (χ0n) is 18.5. The molecular formula is C21H39IN6. The van der Waals surface area contributed by atoms with Crippen molar-refractivity contribution in [3.05, 3.63) is 23.9 Å². The van der Waals surface area contributed by atoms with Gasteiger partial charge in [0.2, 0.25) is 0 Å². The molecule has 1 aliphatic rings. The van der Waals surface area contributed by atoms with Crippen molar-refractivity contribution in [2.24, 2.45) is 10.4 Å². The molecule has 1 unspecified atom stereocenters. The van der Waals surface area contributed by atoms with Crippen LogP contribution < -0.4 is 15.5 Å². The normalized spacial score (nSPS) is 17.1. The first-order valence-electron chi connectivity index (χ1n) is 10.1. The van der Waals surface area contributed by atoms with Crippen LogP contribution in [0.25, 0.3) is 0 Å². The largest absolute Gasteiger partial charge is 0.354 e. The van der Waals surface area contributed by atoms with E-state index in [0.717, 1.165) is 50.9 Å². The maximum Gasteiger partial charge on any atom is 0.191 e. The van der Waals surface area contributed by atoms with Gasteiger partial charge in [0.25, 0.3) is 0 Å². The van der Waals surface area contributed by atoms with Crippen molar-refractivity contribution < 1.29 is 0 Å². The summed E-state index contributed by atoms with van der Waals surface area (Å²) in [6.45, 7) is 14.1. The number of nitrogens with zero attached hydrogens (tertiary/aromatic N) is 4. The molecule has 0 aromatic carbocycles. The van der Waals surface area contributed by atoms with Gasteiger partial charge in [0.15, 0.2) is 5.96 Å². The Morgan fingerprint density at radius 3 is 2.54 bits per heavy atom. The number of likely N-dealkylation sites (N-methyl/N-ethyl adjacent to an activating group) is 1. The zero-order valence-corrected chi connectivity index (χ0v) is 20.8. The summed E-state index contributed by atoms with van der Waals surface area (Å²) in [6, 6.07) is 4.66. The summed E-state index contributed by atoms with van der Waals surface area (Å²) >= 11 is 0. The number of halogens is 1. The predicted octanol–water partition coefficient (Wildman–Crippen LogP) is 3.33. The van der Waals surface area contributed by atoms with Gasteiger partial charge in [-0.3, -0.25) is 4.99 Å². The number of piperazine rings is 1. The summed E-state index contributed by atoms with van der Waals surface area (Å²) < 4.78 is 0. The van der Waals surface area contributed by atoms with E-state index in [1.165, 1.54) is 12.0 Å². The molecule has 0 amide bonds. The lowest BCUT2D eigenvalue weighted by Gasteiger charge is -2.33. The van der Waals surface area contributed by atoms with Crippen molar-refractivity contribution in [2.75, 3.05) is 45.2 Å². The van der Waals surface area contributed by atoms with E-state index in [2.05, 4.69) is 77.3 Å². The van der Waals surface area contributed by atoms with Crippen LogP contribution in [0, 0.1) is 5.41 Å². The summed E-state index contributed by atoms with van der Waals surface area (Å²) in [5.74, 6) is 1.93. The maximum absolute atomic E-state index is 4.56. The number of nitrogens with one attached hydrogen (secondary N) is 2. The highest BCUT2D eigenvalue weighted by atomic mass is 127. The Bertz CT molecular complexity index is 605. The number of aromatic nitrogens is 1. The van der Waals surface area contributed by atoms with Gasteiger partial charge in [-0.25, -0.2) is 4.98 Å². The first-order valence-corrected chi connectivity index (χ1v) is 10.1. The fourth-order valence-electron chi connectivity index (χ4n) is 3.11. The van der Waals surface area contributed by atoms with E-state index in [4.69, 9.17) is 0 Å². The van der Waals surface area contributed by atoms with Gasteiger partial charge in [-0.05, 0) is 49.9 Å². The molecule has 0 spiro atoms. The van der Waals surface area contributed by atoms with Crippen molar-refractivity contribution >= 4 is 35.8 Å². The molecule has 2 heterocycles. The van der Waals surface area contributed by atoms with E-state index in [9.17, 15) is 0 Å². The minimum Gasteiger partial charge on any atom is -0.354 e. The summed E-state index contributed by atoms with van der Waals surface area (Å²) in [4.78, 5) is 13.7. The summed E-state index contributed by atoms with van der Waals surface area (Å²) in [6.07, 6.45) is 4.23. The third kappa shape index (κ3) is 8.94. The van der Waals surface area contributed by atoms with Gasteiger partial charge >= 0.3 is 0 Å². The average molecular weight is 502 g/mol. The van der Waals surface area contributed by atoms with Gasteiger partial charge in [0.1, 0.15) is 5.82 Å². The number of rotatable bonds is 6. The lowest BCUT2D eigenvalue weighted by Crippen LogP contribution is -2.45. The van der Waals surface area contributed by atoms with Crippen LogP contribution in [0.2, 0.25) is 0 Å². The number of anilines is 1. The Balaban J connectivity index is 0.00000392. The Morgan fingerprint density at radius 2 is 1.93 bits per heavy atom. The minimum absolute atomic E-state index is 0. The molecule has 0 aliphatic carbocycles. The number of aliphatic imine (C=N–C) groups is 1. The molecule has 1 atom stereocenters. The van der Waals surface area contributed by atoms with Crippen LogP contribution in [0.4, 0.5) is 5.82 Å². The maximum atomic E-state index is 4.56. The minimum atomic E-state index is 0.